The van der Waals surface area contributed by atoms with Crippen molar-refractivity contribution in [3.05, 3.63) is 29.8 Å². The molecule has 0 aromatic heterocycles. The minimum Gasteiger partial charge on any atom is -0.351 e. The molecule has 1 amide bonds. The molecule has 1 aliphatic rings. The van der Waals surface area contributed by atoms with E-state index >= 15 is 0 Å². The summed E-state index contributed by atoms with van der Waals surface area (Å²) < 4.78 is 25.7. The summed E-state index contributed by atoms with van der Waals surface area (Å²) in [5.41, 5.74) is 0.595. The lowest BCUT2D eigenvalue weighted by atomic mass is 10.2. The molecule has 8 heteroatoms. The Morgan fingerprint density at radius 1 is 1.36 bits per heavy atom. The van der Waals surface area contributed by atoms with Gasteiger partial charge in [0.05, 0.1) is 10.9 Å². The average molecular weight is 348 g/mol. The zero-order valence-electron chi connectivity index (χ0n) is 12.7. The summed E-state index contributed by atoms with van der Waals surface area (Å²) in [5.74, 6) is -0.0791. The van der Waals surface area contributed by atoms with Gasteiger partial charge >= 0.3 is 0 Å². The van der Waals surface area contributed by atoms with Gasteiger partial charge in [0.2, 0.25) is 15.9 Å². The largest absolute Gasteiger partial charge is 0.351 e. The standard InChI is InChI=1S/C14H21N3O3S.ClH/c1-17(2)21(19,20)13-8-4-3-6-11(13)10-16-14(18)12-7-5-9-15-12;/h3-4,6,8,12,15H,5,7,9-10H2,1-2H3,(H,16,18);1H. The lowest BCUT2D eigenvalue weighted by Gasteiger charge is -2.16. The van der Waals surface area contributed by atoms with Crippen LogP contribution in [-0.2, 0) is 21.4 Å². The predicted octanol–water partition coefficient (Wildman–Crippen LogP) is 0.727. The lowest BCUT2D eigenvalue weighted by molar-refractivity contribution is -0.122. The molecule has 0 radical (unpaired) electrons. The number of carbonyl (C=O) groups is 1. The van der Waals surface area contributed by atoms with Gasteiger partial charge < -0.3 is 10.6 Å². The van der Waals surface area contributed by atoms with E-state index in [1.807, 2.05) is 0 Å². The van der Waals surface area contributed by atoms with E-state index in [1.165, 1.54) is 18.4 Å². The van der Waals surface area contributed by atoms with Crippen LogP contribution in [0.15, 0.2) is 29.2 Å². The van der Waals surface area contributed by atoms with Crippen LogP contribution in [0.5, 0.6) is 0 Å². The molecular weight excluding hydrogens is 326 g/mol. The molecule has 2 rings (SSSR count). The van der Waals surface area contributed by atoms with Crippen LogP contribution in [0.3, 0.4) is 0 Å². The number of carbonyl (C=O) groups excluding carboxylic acids is 1. The number of hydrogen-bond acceptors (Lipinski definition) is 4. The number of halogens is 1. The Kier molecular flexibility index (Phi) is 6.80. The van der Waals surface area contributed by atoms with Crippen LogP contribution in [0.2, 0.25) is 0 Å². The third-order valence-corrected chi connectivity index (χ3v) is 5.48. The van der Waals surface area contributed by atoms with Crippen molar-refractivity contribution in [1.82, 2.24) is 14.9 Å². The van der Waals surface area contributed by atoms with Crippen molar-refractivity contribution in [2.75, 3.05) is 20.6 Å². The third-order valence-electron chi connectivity index (χ3n) is 3.56. The summed E-state index contributed by atoms with van der Waals surface area (Å²) in [4.78, 5) is 12.2. The van der Waals surface area contributed by atoms with Crippen molar-refractivity contribution in [3.8, 4) is 0 Å². The van der Waals surface area contributed by atoms with Crippen molar-refractivity contribution >= 4 is 28.3 Å². The Labute approximate surface area is 137 Å². The van der Waals surface area contributed by atoms with E-state index in [1.54, 1.807) is 24.3 Å². The fraction of sp³-hybridized carbons (Fsp3) is 0.500. The molecule has 2 N–H and O–H groups in total. The molecule has 1 fully saturated rings. The van der Waals surface area contributed by atoms with Gasteiger partial charge in [0, 0.05) is 20.6 Å². The van der Waals surface area contributed by atoms with Crippen molar-refractivity contribution in [2.24, 2.45) is 0 Å². The maximum atomic E-state index is 12.3. The molecule has 1 aromatic carbocycles. The monoisotopic (exact) mass is 347 g/mol. The van der Waals surface area contributed by atoms with Crippen molar-refractivity contribution in [1.29, 1.82) is 0 Å². The number of nitrogens with zero attached hydrogens (tertiary/aromatic N) is 1. The molecule has 0 bridgehead atoms. The molecule has 1 aliphatic heterocycles. The van der Waals surface area contributed by atoms with E-state index < -0.39 is 10.0 Å². The zero-order chi connectivity index (χ0) is 15.5. The minimum atomic E-state index is -3.51. The summed E-state index contributed by atoms with van der Waals surface area (Å²) in [6.07, 6.45) is 1.81. The highest BCUT2D eigenvalue weighted by Gasteiger charge is 2.23. The summed E-state index contributed by atoms with van der Waals surface area (Å²) in [6.45, 7) is 1.06. The van der Waals surface area contributed by atoms with Crippen LogP contribution < -0.4 is 10.6 Å². The highest BCUT2D eigenvalue weighted by Crippen LogP contribution is 2.18. The first-order valence-electron chi connectivity index (χ1n) is 6.94. The molecule has 1 atom stereocenters. The van der Waals surface area contributed by atoms with E-state index in [9.17, 15) is 13.2 Å². The van der Waals surface area contributed by atoms with Crippen molar-refractivity contribution in [2.45, 2.75) is 30.3 Å². The first kappa shape index (κ1) is 18.9. The van der Waals surface area contributed by atoms with Crippen molar-refractivity contribution < 1.29 is 13.2 Å². The predicted molar refractivity (Wildman–Crippen MR) is 87.4 cm³/mol. The van der Waals surface area contributed by atoms with Gasteiger partial charge in [-0.15, -0.1) is 12.4 Å². The van der Waals surface area contributed by atoms with Crippen LogP contribution in [0, 0.1) is 0 Å². The van der Waals surface area contributed by atoms with E-state index in [-0.39, 0.29) is 35.8 Å². The second-order valence-corrected chi connectivity index (χ2v) is 7.38. The first-order chi connectivity index (χ1) is 9.93. The number of amides is 1. The fourth-order valence-electron chi connectivity index (χ4n) is 2.31. The molecule has 124 valence electrons. The number of rotatable bonds is 5. The Morgan fingerprint density at radius 2 is 2.05 bits per heavy atom. The topological polar surface area (TPSA) is 78.5 Å². The maximum absolute atomic E-state index is 12.3. The van der Waals surface area contributed by atoms with Gasteiger partial charge in [-0.2, -0.15) is 0 Å². The first-order valence-corrected chi connectivity index (χ1v) is 8.38. The van der Waals surface area contributed by atoms with Crippen LogP contribution >= 0.6 is 12.4 Å². The second kappa shape index (κ2) is 7.92. The SMILES string of the molecule is CN(C)S(=O)(=O)c1ccccc1CNC(=O)C1CCCN1.Cl. The average Bonchev–Trinajstić information content (AvgIpc) is 2.99. The summed E-state index contributed by atoms with van der Waals surface area (Å²) in [5, 5.41) is 5.93. The van der Waals surface area contributed by atoms with Crippen LogP contribution in [0.25, 0.3) is 0 Å². The third kappa shape index (κ3) is 4.19. The van der Waals surface area contributed by atoms with Crippen LogP contribution in [0.1, 0.15) is 18.4 Å². The normalized spacial score (nSPS) is 18.0. The minimum absolute atomic E-state index is 0. The quantitative estimate of drug-likeness (QED) is 0.823. The van der Waals surface area contributed by atoms with Crippen LogP contribution in [-0.4, -0.2) is 45.3 Å². The molecule has 22 heavy (non-hydrogen) atoms. The van der Waals surface area contributed by atoms with Gasteiger partial charge in [0.15, 0.2) is 0 Å². The lowest BCUT2D eigenvalue weighted by Crippen LogP contribution is -2.40. The molecule has 1 saturated heterocycles. The van der Waals surface area contributed by atoms with Crippen molar-refractivity contribution in [3.63, 3.8) is 0 Å². The highest BCUT2D eigenvalue weighted by molar-refractivity contribution is 7.89. The zero-order valence-corrected chi connectivity index (χ0v) is 14.3. The Hall–Kier alpha value is -1.15. The van der Waals surface area contributed by atoms with E-state index in [4.69, 9.17) is 0 Å². The molecule has 0 saturated carbocycles. The summed E-state index contributed by atoms with van der Waals surface area (Å²) in [6, 6.07) is 6.57. The Morgan fingerprint density at radius 3 is 2.64 bits per heavy atom. The molecular formula is C14H22ClN3O3S. The van der Waals surface area contributed by atoms with Gasteiger partial charge in [0.25, 0.3) is 0 Å². The van der Waals surface area contributed by atoms with Gasteiger partial charge in [-0.25, -0.2) is 12.7 Å². The number of sulfonamides is 1. The van der Waals surface area contributed by atoms with Gasteiger partial charge in [-0.05, 0) is 31.0 Å². The fourth-order valence-corrected chi connectivity index (χ4v) is 3.43. The van der Waals surface area contributed by atoms with E-state index in [2.05, 4.69) is 10.6 Å². The molecule has 0 aliphatic carbocycles. The molecule has 1 heterocycles. The molecule has 1 aromatic rings. The van der Waals surface area contributed by atoms with E-state index in [0.29, 0.717) is 5.56 Å². The Balaban J connectivity index is 0.00000242. The molecule has 1 unspecified atom stereocenters. The van der Waals surface area contributed by atoms with Gasteiger partial charge in [0.1, 0.15) is 0 Å². The maximum Gasteiger partial charge on any atom is 0.242 e. The van der Waals surface area contributed by atoms with E-state index in [0.717, 1.165) is 19.4 Å². The molecule has 6 nitrogen and oxygen atoms in total. The smallest absolute Gasteiger partial charge is 0.242 e. The van der Waals surface area contributed by atoms with Crippen LogP contribution in [0.4, 0.5) is 0 Å². The molecule has 0 spiro atoms. The van der Waals surface area contributed by atoms with Gasteiger partial charge in [-0.3, -0.25) is 4.79 Å². The summed E-state index contributed by atoms with van der Waals surface area (Å²) in [7, 11) is -0.522. The number of benzene rings is 1. The summed E-state index contributed by atoms with van der Waals surface area (Å²) >= 11 is 0. The second-order valence-electron chi connectivity index (χ2n) is 5.26. The highest BCUT2D eigenvalue weighted by atomic mass is 35.5. The Bertz CT molecular complexity index is 614. The number of nitrogens with one attached hydrogen (secondary N) is 2. The number of hydrogen-bond donors (Lipinski definition) is 2. The van der Waals surface area contributed by atoms with Gasteiger partial charge in [-0.1, -0.05) is 18.2 Å².